The zero-order chi connectivity index (χ0) is 12.1. The summed E-state index contributed by atoms with van der Waals surface area (Å²) in [5.41, 5.74) is 0.415. The molecule has 1 atom stereocenters. The van der Waals surface area contributed by atoms with Gasteiger partial charge < -0.3 is 10.6 Å². The molecule has 108 valence electrons. The van der Waals surface area contributed by atoms with Crippen LogP contribution < -0.4 is 10.6 Å². The molecule has 1 aliphatic rings. The zero-order valence-corrected chi connectivity index (χ0v) is 12.8. The number of carbonyl (C=O) groups is 1. The Kier molecular flexibility index (Phi) is 9.10. The summed E-state index contributed by atoms with van der Waals surface area (Å²) in [6.45, 7) is 2.77. The Hall–Kier alpha value is -0.550. The standard InChI is InChI=1S/C12H16ClN3O.2ClH/c13-10-3-4-11(15-8-10)12(17)16-7-9-2-1-5-14-6-9;;/h3-4,8-9,14H,1-2,5-7H2,(H,16,17);2*1H. The summed E-state index contributed by atoms with van der Waals surface area (Å²) in [7, 11) is 0. The molecule has 0 radical (unpaired) electrons. The Morgan fingerprint density at radius 1 is 1.47 bits per heavy atom. The van der Waals surface area contributed by atoms with Crippen molar-refractivity contribution < 1.29 is 4.79 Å². The van der Waals surface area contributed by atoms with E-state index in [0.29, 0.717) is 23.2 Å². The number of aromatic nitrogens is 1. The minimum absolute atomic E-state index is 0. The van der Waals surface area contributed by atoms with Gasteiger partial charge in [0.15, 0.2) is 0 Å². The quantitative estimate of drug-likeness (QED) is 0.896. The van der Waals surface area contributed by atoms with Crippen LogP contribution >= 0.6 is 36.4 Å². The molecule has 1 amide bonds. The number of halogens is 3. The number of hydrogen-bond donors (Lipinski definition) is 2. The maximum Gasteiger partial charge on any atom is 0.269 e. The van der Waals surface area contributed by atoms with E-state index in [1.165, 1.54) is 19.0 Å². The van der Waals surface area contributed by atoms with Crippen LogP contribution in [0.5, 0.6) is 0 Å². The van der Waals surface area contributed by atoms with Crippen LogP contribution in [0, 0.1) is 5.92 Å². The molecule has 1 unspecified atom stereocenters. The molecule has 0 bridgehead atoms. The first-order valence-electron chi connectivity index (χ1n) is 5.86. The van der Waals surface area contributed by atoms with Crippen LogP contribution in [0.3, 0.4) is 0 Å². The smallest absolute Gasteiger partial charge is 0.269 e. The monoisotopic (exact) mass is 325 g/mol. The summed E-state index contributed by atoms with van der Waals surface area (Å²) in [6.07, 6.45) is 3.83. The van der Waals surface area contributed by atoms with Crippen LogP contribution in [0.2, 0.25) is 5.02 Å². The maximum absolute atomic E-state index is 11.8. The first kappa shape index (κ1) is 18.4. The molecule has 1 fully saturated rings. The largest absolute Gasteiger partial charge is 0.350 e. The molecule has 19 heavy (non-hydrogen) atoms. The van der Waals surface area contributed by atoms with E-state index in [1.807, 2.05) is 0 Å². The van der Waals surface area contributed by atoms with Crippen molar-refractivity contribution in [2.75, 3.05) is 19.6 Å². The molecular formula is C12H18Cl3N3O. The zero-order valence-electron chi connectivity index (χ0n) is 10.4. The third-order valence-corrected chi connectivity index (χ3v) is 3.13. The van der Waals surface area contributed by atoms with Gasteiger partial charge in [-0.05, 0) is 44.0 Å². The number of carbonyl (C=O) groups excluding carboxylic acids is 1. The number of amides is 1. The van der Waals surface area contributed by atoms with Crippen molar-refractivity contribution in [3.63, 3.8) is 0 Å². The van der Waals surface area contributed by atoms with Gasteiger partial charge >= 0.3 is 0 Å². The van der Waals surface area contributed by atoms with Crippen LogP contribution in [0.15, 0.2) is 18.3 Å². The normalized spacial score (nSPS) is 17.8. The fraction of sp³-hybridized carbons (Fsp3) is 0.500. The van der Waals surface area contributed by atoms with E-state index >= 15 is 0 Å². The summed E-state index contributed by atoms with van der Waals surface area (Å²) in [4.78, 5) is 15.7. The lowest BCUT2D eigenvalue weighted by molar-refractivity contribution is 0.0940. The second-order valence-corrected chi connectivity index (χ2v) is 4.72. The molecule has 4 nitrogen and oxygen atoms in total. The van der Waals surface area contributed by atoms with E-state index < -0.39 is 0 Å². The third kappa shape index (κ3) is 5.95. The molecule has 2 N–H and O–H groups in total. The topological polar surface area (TPSA) is 54.0 Å². The van der Waals surface area contributed by atoms with Gasteiger partial charge in [-0.15, -0.1) is 24.8 Å². The molecule has 2 rings (SSSR count). The van der Waals surface area contributed by atoms with Crippen molar-refractivity contribution in [2.45, 2.75) is 12.8 Å². The van der Waals surface area contributed by atoms with E-state index in [1.54, 1.807) is 12.1 Å². The number of rotatable bonds is 3. The lowest BCUT2D eigenvalue weighted by atomic mass is 10.00. The van der Waals surface area contributed by atoms with Gasteiger partial charge in [-0.2, -0.15) is 0 Å². The van der Waals surface area contributed by atoms with Crippen molar-refractivity contribution in [2.24, 2.45) is 5.92 Å². The molecule has 0 aromatic carbocycles. The van der Waals surface area contributed by atoms with Crippen molar-refractivity contribution in [1.82, 2.24) is 15.6 Å². The minimum atomic E-state index is -0.132. The molecule has 0 saturated carbocycles. The van der Waals surface area contributed by atoms with Crippen LogP contribution in [-0.4, -0.2) is 30.5 Å². The maximum atomic E-state index is 11.8. The fourth-order valence-corrected chi connectivity index (χ4v) is 2.05. The highest BCUT2D eigenvalue weighted by molar-refractivity contribution is 6.30. The second-order valence-electron chi connectivity index (χ2n) is 4.28. The lowest BCUT2D eigenvalue weighted by Gasteiger charge is -2.22. The van der Waals surface area contributed by atoms with Crippen LogP contribution in [0.1, 0.15) is 23.3 Å². The van der Waals surface area contributed by atoms with Gasteiger partial charge in [-0.25, -0.2) is 4.98 Å². The highest BCUT2D eigenvalue weighted by atomic mass is 35.5. The Bertz CT molecular complexity index is 380. The molecular weight excluding hydrogens is 309 g/mol. The number of pyridine rings is 1. The Balaban J connectivity index is 0.00000162. The van der Waals surface area contributed by atoms with Gasteiger partial charge in [0, 0.05) is 12.7 Å². The predicted octanol–water partition coefficient (Wildman–Crippen LogP) is 2.31. The van der Waals surface area contributed by atoms with Gasteiger partial charge in [0.25, 0.3) is 5.91 Å². The van der Waals surface area contributed by atoms with Crippen LogP contribution in [0.4, 0.5) is 0 Å². The average molecular weight is 327 g/mol. The van der Waals surface area contributed by atoms with Gasteiger partial charge in [0.2, 0.25) is 0 Å². The fourth-order valence-electron chi connectivity index (χ4n) is 1.94. The Labute approximate surface area is 130 Å². The Morgan fingerprint density at radius 3 is 2.84 bits per heavy atom. The van der Waals surface area contributed by atoms with Crippen molar-refractivity contribution in [3.8, 4) is 0 Å². The highest BCUT2D eigenvalue weighted by Gasteiger charge is 2.14. The van der Waals surface area contributed by atoms with E-state index in [-0.39, 0.29) is 30.7 Å². The van der Waals surface area contributed by atoms with E-state index in [4.69, 9.17) is 11.6 Å². The van der Waals surface area contributed by atoms with Crippen molar-refractivity contribution >= 4 is 42.3 Å². The summed E-state index contributed by atoms with van der Waals surface area (Å²) in [5, 5.41) is 6.76. The summed E-state index contributed by atoms with van der Waals surface area (Å²) >= 11 is 5.71. The lowest BCUT2D eigenvalue weighted by Crippen LogP contribution is -2.38. The van der Waals surface area contributed by atoms with Gasteiger partial charge in [-0.1, -0.05) is 11.6 Å². The number of nitrogens with zero attached hydrogens (tertiary/aromatic N) is 1. The van der Waals surface area contributed by atoms with Gasteiger partial charge in [0.1, 0.15) is 5.69 Å². The highest BCUT2D eigenvalue weighted by Crippen LogP contribution is 2.09. The van der Waals surface area contributed by atoms with Crippen molar-refractivity contribution in [3.05, 3.63) is 29.0 Å². The molecule has 0 aliphatic carbocycles. The summed E-state index contributed by atoms with van der Waals surface area (Å²) in [5.74, 6) is 0.396. The molecule has 2 heterocycles. The molecule has 1 aromatic heterocycles. The molecule has 1 saturated heterocycles. The Morgan fingerprint density at radius 2 is 2.26 bits per heavy atom. The first-order chi connectivity index (χ1) is 8.25. The van der Waals surface area contributed by atoms with Gasteiger partial charge in [0.05, 0.1) is 5.02 Å². The molecule has 1 aromatic rings. The van der Waals surface area contributed by atoms with Crippen molar-refractivity contribution in [1.29, 1.82) is 0 Å². The second kappa shape index (κ2) is 9.37. The van der Waals surface area contributed by atoms with Gasteiger partial charge in [-0.3, -0.25) is 4.79 Å². The predicted molar refractivity (Wildman–Crippen MR) is 81.7 cm³/mol. The molecule has 0 spiro atoms. The number of hydrogen-bond acceptors (Lipinski definition) is 3. The summed E-state index contributed by atoms with van der Waals surface area (Å²) < 4.78 is 0. The van der Waals surface area contributed by atoms with E-state index in [2.05, 4.69) is 15.6 Å². The number of piperidine rings is 1. The van der Waals surface area contributed by atoms with E-state index in [9.17, 15) is 4.79 Å². The number of nitrogens with one attached hydrogen (secondary N) is 2. The minimum Gasteiger partial charge on any atom is -0.350 e. The van der Waals surface area contributed by atoms with Crippen LogP contribution in [0.25, 0.3) is 0 Å². The molecule has 1 aliphatic heterocycles. The van der Waals surface area contributed by atoms with E-state index in [0.717, 1.165) is 13.1 Å². The SMILES string of the molecule is Cl.Cl.O=C(NCC1CCCNC1)c1ccc(Cl)cn1. The molecule has 7 heteroatoms. The summed E-state index contributed by atoms with van der Waals surface area (Å²) in [6, 6.07) is 3.31. The third-order valence-electron chi connectivity index (χ3n) is 2.91. The first-order valence-corrected chi connectivity index (χ1v) is 6.24. The average Bonchev–Trinajstić information content (AvgIpc) is 2.38. The van der Waals surface area contributed by atoms with Crippen LogP contribution in [-0.2, 0) is 0 Å².